The Morgan fingerprint density at radius 2 is 2.18 bits per heavy atom. The van der Waals surface area contributed by atoms with E-state index in [-0.39, 0.29) is 6.61 Å². The summed E-state index contributed by atoms with van der Waals surface area (Å²) in [5, 5.41) is 13.4. The van der Waals surface area contributed by atoms with E-state index in [1.54, 1.807) is 0 Å². The number of rotatable bonds is 8. The van der Waals surface area contributed by atoms with Gasteiger partial charge in [0.15, 0.2) is 5.75 Å². The molecule has 0 saturated heterocycles. The molecule has 0 aliphatic heterocycles. The molecule has 1 atom stereocenters. The van der Waals surface area contributed by atoms with Crippen LogP contribution in [0.1, 0.15) is 51.6 Å². The van der Waals surface area contributed by atoms with Gasteiger partial charge in [-0.1, -0.05) is 20.3 Å². The number of aromatic nitrogens is 2. The van der Waals surface area contributed by atoms with Gasteiger partial charge < -0.3 is 9.84 Å². The van der Waals surface area contributed by atoms with Crippen LogP contribution < -0.4 is 4.74 Å². The molecule has 0 fully saturated rings. The molecular weight excluding hydrogens is 216 g/mol. The second-order valence-corrected chi connectivity index (χ2v) is 4.20. The Bertz CT molecular complexity index is 323. The Labute approximate surface area is 104 Å². The minimum Gasteiger partial charge on any atom is -0.488 e. The third-order valence-electron chi connectivity index (χ3n) is 2.94. The van der Waals surface area contributed by atoms with E-state index in [0.29, 0.717) is 12.5 Å². The predicted octanol–water partition coefficient (Wildman–Crippen LogP) is 2.57. The number of hydrogen-bond donors (Lipinski definition) is 1. The van der Waals surface area contributed by atoms with Crippen LogP contribution in [0.25, 0.3) is 0 Å². The molecule has 0 aliphatic rings. The molecule has 0 radical (unpaired) electrons. The Morgan fingerprint density at radius 3 is 2.71 bits per heavy atom. The molecule has 0 aliphatic carbocycles. The summed E-state index contributed by atoms with van der Waals surface area (Å²) >= 11 is 0. The fourth-order valence-corrected chi connectivity index (χ4v) is 2.01. The van der Waals surface area contributed by atoms with Crippen molar-refractivity contribution in [3.63, 3.8) is 0 Å². The first-order chi connectivity index (χ1) is 8.26. The highest BCUT2D eigenvalue weighted by atomic mass is 16.5. The zero-order chi connectivity index (χ0) is 12.7. The Hall–Kier alpha value is -1.03. The molecule has 17 heavy (non-hydrogen) atoms. The van der Waals surface area contributed by atoms with Crippen molar-refractivity contribution in [2.24, 2.45) is 0 Å². The third-order valence-corrected chi connectivity index (χ3v) is 2.94. The maximum atomic E-state index is 8.83. The lowest BCUT2D eigenvalue weighted by Gasteiger charge is -2.13. The highest BCUT2D eigenvalue weighted by Crippen LogP contribution is 2.31. The summed E-state index contributed by atoms with van der Waals surface area (Å²) in [6, 6.07) is 0. The Kier molecular flexibility index (Phi) is 6.05. The standard InChI is InChI=1S/C13H24N2O2/c1-4-7-11(5-2)13-12(17-9-8-16)10-15(6-3)14-13/h10-11,16H,4-9H2,1-3H3. The van der Waals surface area contributed by atoms with Crippen LogP contribution in [0.4, 0.5) is 0 Å². The SMILES string of the molecule is CCCC(CC)c1nn(CC)cc1OCCO. The van der Waals surface area contributed by atoms with Gasteiger partial charge in [0, 0.05) is 12.5 Å². The Balaban J connectivity index is 2.88. The fraction of sp³-hybridized carbons (Fsp3) is 0.769. The van der Waals surface area contributed by atoms with Gasteiger partial charge in [-0.25, -0.2) is 0 Å². The lowest BCUT2D eigenvalue weighted by molar-refractivity contribution is 0.199. The van der Waals surface area contributed by atoms with Gasteiger partial charge in [0.05, 0.1) is 12.8 Å². The van der Waals surface area contributed by atoms with E-state index in [1.165, 1.54) is 0 Å². The van der Waals surface area contributed by atoms with Crippen molar-refractivity contribution in [1.29, 1.82) is 0 Å². The van der Waals surface area contributed by atoms with Crippen LogP contribution in [0.5, 0.6) is 5.75 Å². The van der Waals surface area contributed by atoms with Gasteiger partial charge in [0.1, 0.15) is 12.3 Å². The highest BCUT2D eigenvalue weighted by Gasteiger charge is 2.18. The molecular formula is C13H24N2O2. The van der Waals surface area contributed by atoms with Crippen LogP contribution >= 0.6 is 0 Å². The smallest absolute Gasteiger partial charge is 0.160 e. The second kappa shape index (κ2) is 7.33. The van der Waals surface area contributed by atoms with E-state index in [9.17, 15) is 0 Å². The molecule has 1 rings (SSSR count). The minimum absolute atomic E-state index is 0.0430. The van der Waals surface area contributed by atoms with Gasteiger partial charge in [-0.05, 0) is 19.8 Å². The number of aliphatic hydroxyl groups is 1. The lowest BCUT2D eigenvalue weighted by Crippen LogP contribution is -2.05. The predicted molar refractivity (Wildman–Crippen MR) is 68.4 cm³/mol. The van der Waals surface area contributed by atoms with E-state index >= 15 is 0 Å². The molecule has 0 bridgehead atoms. The van der Waals surface area contributed by atoms with E-state index in [2.05, 4.69) is 25.9 Å². The molecule has 0 saturated carbocycles. The highest BCUT2D eigenvalue weighted by molar-refractivity contribution is 5.28. The second-order valence-electron chi connectivity index (χ2n) is 4.20. The molecule has 1 aromatic rings. The molecule has 4 heteroatoms. The number of ether oxygens (including phenoxy) is 1. The maximum Gasteiger partial charge on any atom is 0.160 e. The molecule has 1 aromatic heterocycles. The van der Waals surface area contributed by atoms with Crippen molar-refractivity contribution in [3.05, 3.63) is 11.9 Å². The van der Waals surface area contributed by atoms with E-state index in [1.807, 2.05) is 10.9 Å². The van der Waals surface area contributed by atoms with Crippen LogP contribution in [-0.2, 0) is 6.54 Å². The summed E-state index contributed by atoms with van der Waals surface area (Å²) < 4.78 is 7.47. The summed E-state index contributed by atoms with van der Waals surface area (Å²) in [6.07, 6.45) is 5.29. The summed E-state index contributed by atoms with van der Waals surface area (Å²) in [6.45, 7) is 7.66. The van der Waals surface area contributed by atoms with Crippen LogP contribution in [0.3, 0.4) is 0 Å². The largest absolute Gasteiger partial charge is 0.488 e. The van der Waals surface area contributed by atoms with Crippen molar-refractivity contribution in [2.45, 2.75) is 52.5 Å². The fourth-order valence-electron chi connectivity index (χ4n) is 2.01. The van der Waals surface area contributed by atoms with Crippen LogP contribution in [0, 0.1) is 0 Å². The summed E-state index contributed by atoms with van der Waals surface area (Å²) in [5.41, 5.74) is 1.05. The van der Waals surface area contributed by atoms with Crippen molar-refractivity contribution in [1.82, 2.24) is 9.78 Å². The zero-order valence-corrected chi connectivity index (χ0v) is 11.1. The first-order valence-corrected chi connectivity index (χ1v) is 6.57. The summed E-state index contributed by atoms with van der Waals surface area (Å²) in [5.74, 6) is 1.29. The third kappa shape index (κ3) is 3.73. The van der Waals surface area contributed by atoms with Gasteiger partial charge in [-0.2, -0.15) is 5.10 Å². The van der Waals surface area contributed by atoms with Gasteiger partial charge in [0.25, 0.3) is 0 Å². The first-order valence-electron chi connectivity index (χ1n) is 6.57. The van der Waals surface area contributed by atoms with Crippen LogP contribution in [0.2, 0.25) is 0 Å². The van der Waals surface area contributed by atoms with Gasteiger partial charge in [-0.15, -0.1) is 0 Å². The molecule has 0 aromatic carbocycles. The summed E-state index contributed by atoms with van der Waals surface area (Å²) in [4.78, 5) is 0. The average molecular weight is 240 g/mol. The van der Waals surface area contributed by atoms with E-state index in [4.69, 9.17) is 9.84 Å². The van der Waals surface area contributed by atoms with E-state index < -0.39 is 0 Å². The van der Waals surface area contributed by atoms with Gasteiger partial charge >= 0.3 is 0 Å². The zero-order valence-electron chi connectivity index (χ0n) is 11.1. The molecule has 1 unspecified atom stereocenters. The van der Waals surface area contributed by atoms with Crippen molar-refractivity contribution in [3.8, 4) is 5.75 Å². The normalized spacial score (nSPS) is 12.7. The minimum atomic E-state index is 0.0430. The molecule has 98 valence electrons. The quantitative estimate of drug-likeness (QED) is 0.759. The number of hydrogen-bond acceptors (Lipinski definition) is 3. The first kappa shape index (κ1) is 14.0. The molecule has 1 heterocycles. The Morgan fingerprint density at radius 1 is 1.41 bits per heavy atom. The van der Waals surface area contributed by atoms with Crippen molar-refractivity contribution >= 4 is 0 Å². The van der Waals surface area contributed by atoms with Gasteiger partial charge in [-0.3, -0.25) is 4.68 Å². The molecule has 4 nitrogen and oxygen atoms in total. The molecule has 1 N–H and O–H groups in total. The number of aryl methyl sites for hydroxylation is 1. The average Bonchev–Trinajstić information content (AvgIpc) is 2.76. The maximum absolute atomic E-state index is 8.83. The number of nitrogens with zero attached hydrogens (tertiary/aromatic N) is 2. The number of aliphatic hydroxyl groups excluding tert-OH is 1. The van der Waals surface area contributed by atoms with Crippen molar-refractivity contribution < 1.29 is 9.84 Å². The topological polar surface area (TPSA) is 47.3 Å². The lowest BCUT2D eigenvalue weighted by atomic mass is 9.97. The molecule has 0 spiro atoms. The molecule has 0 amide bonds. The monoisotopic (exact) mass is 240 g/mol. The van der Waals surface area contributed by atoms with Crippen LogP contribution in [0.15, 0.2) is 6.20 Å². The van der Waals surface area contributed by atoms with Gasteiger partial charge in [0.2, 0.25) is 0 Å². The summed E-state index contributed by atoms with van der Waals surface area (Å²) in [7, 11) is 0. The van der Waals surface area contributed by atoms with E-state index in [0.717, 1.165) is 37.3 Å². The van der Waals surface area contributed by atoms with Crippen LogP contribution in [-0.4, -0.2) is 28.1 Å². The van der Waals surface area contributed by atoms with Crippen molar-refractivity contribution in [2.75, 3.05) is 13.2 Å².